The Kier molecular flexibility index (Phi) is 4.58. The van der Waals surface area contributed by atoms with Crippen LogP contribution in [0.2, 0.25) is 0 Å². The molecule has 130 valence electrons. The Morgan fingerprint density at radius 2 is 1.80 bits per heavy atom. The molecule has 0 bridgehead atoms. The van der Waals surface area contributed by atoms with Crippen LogP contribution >= 0.6 is 0 Å². The van der Waals surface area contributed by atoms with E-state index in [0.717, 1.165) is 42.2 Å². The van der Waals surface area contributed by atoms with E-state index in [1.807, 2.05) is 37.3 Å². The molecular weight excluding hydrogens is 308 g/mol. The number of carbonyl (C=O) groups excluding carboxylic acids is 1. The first-order valence-electron chi connectivity index (χ1n) is 9.43. The van der Waals surface area contributed by atoms with Gasteiger partial charge in [-0.05, 0) is 67.5 Å². The maximum absolute atomic E-state index is 12.5. The number of hydrogen-bond acceptors (Lipinski definition) is 2. The number of anilines is 1. The van der Waals surface area contributed by atoms with E-state index in [9.17, 15) is 4.79 Å². The van der Waals surface area contributed by atoms with E-state index in [2.05, 4.69) is 22.3 Å². The third-order valence-corrected chi connectivity index (χ3v) is 5.78. The van der Waals surface area contributed by atoms with Crippen LogP contribution in [0.3, 0.4) is 0 Å². The maximum atomic E-state index is 12.5. The van der Waals surface area contributed by atoms with Gasteiger partial charge in [-0.25, -0.2) is 0 Å². The van der Waals surface area contributed by atoms with E-state index in [1.165, 1.54) is 36.9 Å². The molecule has 0 aromatic heterocycles. The van der Waals surface area contributed by atoms with Crippen molar-refractivity contribution in [1.82, 2.24) is 4.90 Å². The van der Waals surface area contributed by atoms with Crippen LogP contribution in [0, 0.1) is 6.92 Å². The Balaban J connectivity index is 1.47. The zero-order chi connectivity index (χ0) is 17.2. The second-order valence-electron chi connectivity index (χ2n) is 7.37. The van der Waals surface area contributed by atoms with Crippen molar-refractivity contribution < 1.29 is 4.79 Å². The van der Waals surface area contributed by atoms with Gasteiger partial charge >= 0.3 is 0 Å². The predicted molar refractivity (Wildman–Crippen MR) is 102 cm³/mol. The zero-order valence-electron chi connectivity index (χ0n) is 14.9. The highest BCUT2D eigenvalue weighted by molar-refractivity contribution is 6.05. The highest BCUT2D eigenvalue weighted by Crippen LogP contribution is 2.28. The highest BCUT2D eigenvalue weighted by Gasteiger charge is 2.26. The molecule has 4 rings (SSSR count). The van der Waals surface area contributed by atoms with Crippen LogP contribution in [0.5, 0.6) is 0 Å². The molecule has 2 aromatic carbocycles. The van der Waals surface area contributed by atoms with E-state index in [0.29, 0.717) is 0 Å². The van der Waals surface area contributed by atoms with Crippen LogP contribution in [-0.4, -0.2) is 29.9 Å². The SMILES string of the molecule is Cc1ccccc1C(=O)Nc1ccc2c(c1)CCN(C1CCC1)CC2. The van der Waals surface area contributed by atoms with E-state index in [-0.39, 0.29) is 5.91 Å². The quantitative estimate of drug-likeness (QED) is 0.912. The summed E-state index contributed by atoms with van der Waals surface area (Å²) in [5.74, 6) is -0.0252. The number of fused-ring (bicyclic) bond motifs is 1. The van der Waals surface area contributed by atoms with Crippen molar-refractivity contribution in [2.24, 2.45) is 0 Å². The molecule has 1 aliphatic heterocycles. The van der Waals surface area contributed by atoms with E-state index in [1.54, 1.807) is 0 Å². The monoisotopic (exact) mass is 334 g/mol. The Labute approximate surface area is 150 Å². The molecule has 3 nitrogen and oxygen atoms in total. The molecular formula is C22H26N2O. The Morgan fingerprint density at radius 1 is 1.04 bits per heavy atom. The van der Waals surface area contributed by atoms with E-state index < -0.39 is 0 Å². The first-order chi connectivity index (χ1) is 12.2. The van der Waals surface area contributed by atoms with Crippen LogP contribution in [0.1, 0.15) is 46.3 Å². The van der Waals surface area contributed by atoms with E-state index >= 15 is 0 Å². The largest absolute Gasteiger partial charge is 0.322 e. The van der Waals surface area contributed by atoms with Gasteiger partial charge in [0.15, 0.2) is 0 Å². The van der Waals surface area contributed by atoms with Crippen LogP contribution in [0.15, 0.2) is 42.5 Å². The number of carbonyl (C=O) groups is 1. The van der Waals surface area contributed by atoms with Crippen molar-refractivity contribution in [2.45, 2.75) is 45.1 Å². The molecule has 1 saturated carbocycles. The summed E-state index contributed by atoms with van der Waals surface area (Å²) in [5, 5.41) is 3.07. The van der Waals surface area contributed by atoms with Crippen molar-refractivity contribution in [3.63, 3.8) is 0 Å². The number of hydrogen-bond donors (Lipinski definition) is 1. The summed E-state index contributed by atoms with van der Waals surface area (Å²) in [6.07, 6.45) is 6.34. The number of rotatable bonds is 3. The normalized spacial score (nSPS) is 18.1. The van der Waals surface area contributed by atoms with Crippen molar-refractivity contribution in [3.05, 3.63) is 64.7 Å². The summed E-state index contributed by atoms with van der Waals surface area (Å²) in [5.41, 5.74) is 5.49. The summed E-state index contributed by atoms with van der Waals surface area (Å²) in [7, 11) is 0. The van der Waals surface area contributed by atoms with Gasteiger partial charge in [-0.15, -0.1) is 0 Å². The van der Waals surface area contributed by atoms with Gasteiger partial charge in [-0.3, -0.25) is 9.69 Å². The number of nitrogens with zero attached hydrogens (tertiary/aromatic N) is 1. The molecule has 25 heavy (non-hydrogen) atoms. The molecule has 0 saturated heterocycles. The van der Waals surface area contributed by atoms with Gasteiger partial charge in [0.2, 0.25) is 0 Å². The standard InChI is InChI=1S/C22H26N2O/c1-16-5-2-3-8-21(16)22(25)23-19-10-9-17-11-13-24(20-6-4-7-20)14-12-18(17)15-19/h2-3,5,8-10,15,20H,4,6-7,11-14H2,1H3,(H,23,25). The first-order valence-corrected chi connectivity index (χ1v) is 9.43. The fourth-order valence-corrected chi connectivity index (χ4v) is 3.96. The van der Waals surface area contributed by atoms with E-state index in [4.69, 9.17) is 0 Å². The molecule has 1 heterocycles. The minimum atomic E-state index is -0.0252. The topological polar surface area (TPSA) is 32.3 Å². The van der Waals surface area contributed by atoms with Gasteiger partial charge in [0, 0.05) is 30.4 Å². The molecule has 2 aliphatic rings. The Bertz CT molecular complexity index is 779. The van der Waals surface area contributed by atoms with Gasteiger partial charge in [-0.1, -0.05) is 30.7 Å². The minimum absolute atomic E-state index is 0.0252. The number of amides is 1. The van der Waals surface area contributed by atoms with Crippen LogP contribution in [0.4, 0.5) is 5.69 Å². The lowest BCUT2D eigenvalue weighted by molar-refractivity contribution is 0.102. The molecule has 3 heteroatoms. The molecule has 1 aliphatic carbocycles. The third kappa shape index (κ3) is 3.47. The summed E-state index contributed by atoms with van der Waals surface area (Å²) >= 11 is 0. The highest BCUT2D eigenvalue weighted by atomic mass is 16.1. The number of benzene rings is 2. The summed E-state index contributed by atoms with van der Waals surface area (Å²) in [4.78, 5) is 15.2. The van der Waals surface area contributed by atoms with Gasteiger partial charge < -0.3 is 5.32 Å². The summed E-state index contributed by atoms with van der Waals surface area (Å²) in [6, 6.07) is 15.0. The van der Waals surface area contributed by atoms with Crippen LogP contribution in [-0.2, 0) is 12.8 Å². The summed E-state index contributed by atoms with van der Waals surface area (Å²) < 4.78 is 0. The predicted octanol–water partition coefficient (Wildman–Crippen LogP) is 4.20. The lowest BCUT2D eigenvalue weighted by Gasteiger charge is -2.36. The van der Waals surface area contributed by atoms with Crippen molar-refractivity contribution in [1.29, 1.82) is 0 Å². The average molecular weight is 334 g/mol. The van der Waals surface area contributed by atoms with Crippen molar-refractivity contribution in [3.8, 4) is 0 Å². The zero-order valence-corrected chi connectivity index (χ0v) is 14.9. The van der Waals surface area contributed by atoms with Gasteiger partial charge in [0.1, 0.15) is 0 Å². The van der Waals surface area contributed by atoms with Gasteiger partial charge in [0.05, 0.1) is 0 Å². The molecule has 2 aromatic rings. The molecule has 1 N–H and O–H groups in total. The molecule has 0 atom stereocenters. The van der Waals surface area contributed by atoms with Crippen molar-refractivity contribution >= 4 is 11.6 Å². The Morgan fingerprint density at radius 3 is 2.52 bits per heavy atom. The van der Waals surface area contributed by atoms with Crippen LogP contribution < -0.4 is 5.32 Å². The molecule has 1 amide bonds. The third-order valence-electron chi connectivity index (χ3n) is 5.78. The second kappa shape index (κ2) is 7.01. The molecule has 0 spiro atoms. The van der Waals surface area contributed by atoms with Crippen LogP contribution in [0.25, 0.3) is 0 Å². The number of nitrogens with one attached hydrogen (secondary N) is 1. The number of aryl methyl sites for hydroxylation is 1. The minimum Gasteiger partial charge on any atom is -0.322 e. The molecule has 0 unspecified atom stereocenters. The van der Waals surface area contributed by atoms with Crippen molar-refractivity contribution in [2.75, 3.05) is 18.4 Å². The van der Waals surface area contributed by atoms with Gasteiger partial charge in [-0.2, -0.15) is 0 Å². The lowest BCUT2D eigenvalue weighted by Crippen LogP contribution is -2.41. The van der Waals surface area contributed by atoms with Gasteiger partial charge in [0.25, 0.3) is 5.91 Å². The molecule has 0 radical (unpaired) electrons. The molecule has 1 fully saturated rings. The second-order valence-corrected chi connectivity index (χ2v) is 7.37. The average Bonchev–Trinajstić information content (AvgIpc) is 2.76. The fraction of sp³-hybridized carbons (Fsp3) is 0.409. The first kappa shape index (κ1) is 16.3. The maximum Gasteiger partial charge on any atom is 0.255 e. The Hall–Kier alpha value is -2.13. The smallest absolute Gasteiger partial charge is 0.255 e. The summed E-state index contributed by atoms with van der Waals surface area (Å²) in [6.45, 7) is 4.29. The fourth-order valence-electron chi connectivity index (χ4n) is 3.96. The lowest BCUT2D eigenvalue weighted by atomic mass is 9.91.